The molecule has 2 N–H and O–H groups in total. The molecule has 0 aromatic carbocycles. The maximum Gasteiger partial charge on any atom is 0.0193 e. The van der Waals surface area contributed by atoms with Gasteiger partial charge in [0.05, 0.1) is 0 Å². The normalized spacial score (nSPS) is 25.9. The lowest BCUT2D eigenvalue weighted by Crippen LogP contribution is -2.48. The summed E-state index contributed by atoms with van der Waals surface area (Å²) in [5.41, 5.74) is 0. The van der Waals surface area contributed by atoms with Crippen molar-refractivity contribution in [2.75, 3.05) is 19.6 Å². The molecule has 0 saturated carbocycles. The summed E-state index contributed by atoms with van der Waals surface area (Å²) in [7, 11) is 0. The van der Waals surface area contributed by atoms with E-state index in [0.717, 1.165) is 31.6 Å². The van der Waals surface area contributed by atoms with Crippen molar-refractivity contribution in [1.82, 2.24) is 10.6 Å². The largest absolute Gasteiger partial charge is 0.314 e. The van der Waals surface area contributed by atoms with Gasteiger partial charge in [-0.25, -0.2) is 0 Å². The van der Waals surface area contributed by atoms with Gasteiger partial charge >= 0.3 is 0 Å². The van der Waals surface area contributed by atoms with E-state index in [1.54, 1.807) is 0 Å². The second kappa shape index (κ2) is 4.73. The van der Waals surface area contributed by atoms with Crippen molar-refractivity contribution in [3.05, 3.63) is 0 Å². The number of hydrogen-bond donors (Lipinski definition) is 2. The first-order valence-corrected chi connectivity index (χ1v) is 4.73. The van der Waals surface area contributed by atoms with Crippen LogP contribution in [0.3, 0.4) is 0 Å². The smallest absolute Gasteiger partial charge is 0.0193 e. The molecule has 1 aliphatic heterocycles. The fourth-order valence-corrected chi connectivity index (χ4v) is 1.45. The molecule has 0 unspecified atom stereocenters. The van der Waals surface area contributed by atoms with E-state index in [1.807, 2.05) is 0 Å². The van der Waals surface area contributed by atoms with Gasteiger partial charge in [-0.15, -0.1) is 0 Å². The molecule has 2 heteroatoms. The molecule has 1 aliphatic rings. The summed E-state index contributed by atoms with van der Waals surface area (Å²) in [4.78, 5) is 0. The first-order valence-electron chi connectivity index (χ1n) is 4.73. The van der Waals surface area contributed by atoms with Crippen molar-refractivity contribution in [3.63, 3.8) is 0 Å². The van der Waals surface area contributed by atoms with E-state index in [1.165, 1.54) is 12.8 Å². The quantitative estimate of drug-likeness (QED) is 0.636. The predicted octanol–water partition coefficient (Wildman–Crippen LogP) is 0.984. The molecule has 0 amide bonds. The van der Waals surface area contributed by atoms with Crippen LogP contribution in [-0.4, -0.2) is 25.7 Å². The van der Waals surface area contributed by atoms with Gasteiger partial charge in [-0.2, -0.15) is 0 Å². The number of nitrogens with one attached hydrogen (secondary N) is 2. The third-order valence-corrected chi connectivity index (χ3v) is 2.22. The summed E-state index contributed by atoms with van der Waals surface area (Å²) >= 11 is 0. The SMILES string of the molecule is CC(C)CC[C@@H]1CNCCN1. The van der Waals surface area contributed by atoms with Crippen molar-refractivity contribution in [1.29, 1.82) is 0 Å². The summed E-state index contributed by atoms with van der Waals surface area (Å²) in [5, 5.41) is 6.91. The Hall–Kier alpha value is -0.0800. The third-order valence-electron chi connectivity index (χ3n) is 2.22. The molecule has 11 heavy (non-hydrogen) atoms. The van der Waals surface area contributed by atoms with E-state index in [9.17, 15) is 0 Å². The molecule has 0 bridgehead atoms. The number of piperazine rings is 1. The van der Waals surface area contributed by atoms with E-state index in [-0.39, 0.29) is 0 Å². The van der Waals surface area contributed by atoms with Gasteiger partial charge in [0.25, 0.3) is 0 Å². The Balaban J connectivity index is 2.05. The average molecular weight is 156 g/mol. The Bertz CT molecular complexity index is 95.7. The Kier molecular flexibility index (Phi) is 3.87. The Labute approximate surface area is 69.8 Å². The summed E-state index contributed by atoms with van der Waals surface area (Å²) in [5.74, 6) is 0.846. The van der Waals surface area contributed by atoms with Crippen LogP contribution in [0.25, 0.3) is 0 Å². The minimum absolute atomic E-state index is 0.728. The van der Waals surface area contributed by atoms with Crippen LogP contribution < -0.4 is 10.6 Å². The van der Waals surface area contributed by atoms with Gasteiger partial charge in [-0.3, -0.25) is 0 Å². The lowest BCUT2D eigenvalue weighted by molar-refractivity contribution is 0.373. The minimum atomic E-state index is 0.728. The molecule has 0 aliphatic carbocycles. The highest BCUT2D eigenvalue weighted by Gasteiger charge is 2.11. The predicted molar refractivity (Wildman–Crippen MR) is 48.7 cm³/mol. The van der Waals surface area contributed by atoms with Crippen molar-refractivity contribution in [2.24, 2.45) is 5.92 Å². The Morgan fingerprint density at radius 3 is 2.73 bits per heavy atom. The van der Waals surface area contributed by atoms with Crippen molar-refractivity contribution in [2.45, 2.75) is 32.7 Å². The first kappa shape index (κ1) is 9.01. The zero-order valence-corrected chi connectivity index (χ0v) is 7.69. The van der Waals surface area contributed by atoms with Gasteiger partial charge in [0.1, 0.15) is 0 Å². The van der Waals surface area contributed by atoms with Crippen LogP contribution in [0, 0.1) is 5.92 Å². The van der Waals surface area contributed by atoms with E-state index >= 15 is 0 Å². The minimum Gasteiger partial charge on any atom is -0.314 e. The van der Waals surface area contributed by atoms with Crippen molar-refractivity contribution < 1.29 is 0 Å². The van der Waals surface area contributed by atoms with Gasteiger partial charge in [0.15, 0.2) is 0 Å². The monoisotopic (exact) mass is 156 g/mol. The first-order chi connectivity index (χ1) is 5.29. The fraction of sp³-hybridized carbons (Fsp3) is 1.00. The molecule has 0 radical (unpaired) electrons. The zero-order chi connectivity index (χ0) is 8.10. The average Bonchev–Trinajstić information content (AvgIpc) is 2.03. The lowest BCUT2D eigenvalue weighted by Gasteiger charge is -2.24. The van der Waals surface area contributed by atoms with E-state index in [0.29, 0.717) is 0 Å². The molecule has 1 fully saturated rings. The van der Waals surface area contributed by atoms with Crippen LogP contribution in [0.4, 0.5) is 0 Å². The number of rotatable bonds is 3. The van der Waals surface area contributed by atoms with Crippen molar-refractivity contribution in [3.8, 4) is 0 Å². The van der Waals surface area contributed by atoms with Gasteiger partial charge in [0, 0.05) is 25.7 Å². The molecule has 1 rings (SSSR count). The fourth-order valence-electron chi connectivity index (χ4n) is 1.45. The highest BCUT2D eigenvalue weighted by molar-refractivity contribution is 4.75. The van der Waals surface area contributed by atoms with Gasteiger partial charge < -0.3 is 10.6 Å². The van der Waals surface area contributed by atoms with E-state index < -0.39 is 0 Å². The molecule has 1 saturated heterocycles. The van der Waals surface area contributed by atoms with Crippen LogP contribution in [0.15, 0.2) is 0 Å². The summed E-state index contributed by atoms with van der Waals surface area (Å²) in [6, 6.07) is 0.728. The maximum absolute atomic E-state index is 3.51. The summed E-state index contributed by atoms with van der Waals surface area (Å²) in [6.45, 7) is 8.01. The van der Waals surface area contributed by atoms with E-state index in [2.05, 4.69) is 24.5 Å². The van der Waals surface area contributed by atoms with Gasteiger partial charge in [0.2, 0.25) is 0 Å². The van der Waals surface area contributed by atoms with Crippen LogP contribution in [0.5, 0.6) is 0 Å². The van der Waals surface area contributed by atoms with Crippen LogP contribution in [0.1, 0.15) is 26.7 Å². The Morgan fingerprint density at radius 1 is 1.36 bits per heavy atom. The van der Waals surface area contributed by atoms with Crippen LogP contribution in [-0.2, 0) is 0 Å². The molecule has 66 valence electrons. The highest BCUT2D eigenvalue weighted by atomic mass is 15.0. The molecule has 0 aromatic rings. The molecule has 1 heterocycles. The second-order valence-electron chi connectivity index (χ2n) is 3.83. The molecule has 0 aromatic heterocycles. The zero-order valence-electron chi connectivity index (χ0n) is 7.69. The number of hydrogen-bond acceptors (Lipinski definition) is 2. The lowest BCUT2D eigenvalue weighted by atomic mass is 10.0. The topological polar surface area (TPSA) is 24.1 Å². The maximum atomic E-state index is 3.51. The Morgan fingerprint density at radius 2 is 2.18 bits per heavy atom. The van der Waals surface area contributed by atoms with Crippen LogP contribution >= 0.6 is 0 Å². The molecule has 1 atom stereocenters. The van der Waals surface area contributed by atoms with Crippen molar-refractivity contribution >= 4 is 0 Å². The standard InChI is InChI=1S/C9H20N2/c1-8(2)3-4-9-7-10-5-6-11-9/h8-11H,3-7H2,1-2H3/t9-/m1/s1. The molecule has 0 spiro atoms. The summed E-state index contributed by atoms with van der Waals surface area (Å²) in [6.07, 6.45) is 2.67. The summed E-state index contributed by atoms with van der Waals surface area (Å²) < 4.78 is 0. The van der Waals surface area contributed by atoms with Gasteiger partial charge in [-0.05, 0) is 18.8 Å². The third kappa shape index (κ3) is 3.73. The molecular weight excluding hydrogens is 136 g/mol. The van der Waals surface area contributed by atoms with E-state index in [4.69, 9.17) is 0 Å². The van der Waals surface area contributed by atoms with Gasteiger partial charge in [-0.1, -0.05) is 13.8 Å². The highest BCUT2D eigenvalue weighted by Crippen LogP contribution is 2.06. The second-order valence-corrected chi connectivity index (χ2v) is 3.83. The van der Waals surface area contributed by atoms with Crippen LogP contribution in [0.2, 0.25) is 0 Å². The molecule has 2 nitrogen and oxygen atoms in total. The molecular formula is C9H20N2.